The number of hydrogen-bond acceptors (Lipinski definition) is 7. The maximum absolute atomic E-state index is 6.31. The Kier molecular flexibility index (Phi) is 3.94. The molecule has 24 heavy (non-hydrogen) atoms. The fourth-order valence-corrected chi connectivity index (χ4v) is 3.34. The lowest BCUT2D eigenvalue weighted by Gasteiger charge is -2.00. The Morgan fingerprint density at radius 2 is 1.67 bits per heavy atom. The van der Waals surface area contributed by atoms with Crippen LogP contribution >= 0.6 is 22.9 Å². The maximum Gasteiger partial charge on any atom is 0.198 e. The van der Waals surface area contributed by atoms with Gasteiger partial charge in [-0.25, -0.2) is 24.9 Å². The standard InChI is InChI=1S/C16H9ClN6S/c17-13-12(24-16(23-13)10-3-1-5-18-9-10)11-4-8-21-15(22-11)14-19-6-2-7-20-14/h1-9H. The van der Waals surface area contributed by atoms with Gasteiger partial charge in [0.2, 0.25) is 0 Å². The Morgan fingerprint density at radius 3 is 2.46 bits per heavy atom. The summed E-state index contributed by atoms with van der Waals surface area (Å²) in [5.74, 6) is 0.910. The molecule has 0 aliphatic heterocycles. The molecule has 8 heteroatoms. The van der Waals surface area contributed by atoms with Gasteiger partial charge in [-0.15, -0.1) is 11.3 Å². The highest BCUT2D eigenvalue weighted by Crippen LogP contribution is 2.37. The number of hydrogen-bond donors (Lipinski definition) is 0. The van der Waals surface area contributed by atoms with Crippen molar-refractivity contribution in [2.75, 3.05) is 0 Å². The molecule has 4 heterocycles. The van der Waals surface area contributed by atoms with Crippen LogP contribution in [0.3, 0.4) is 0 Å². The summed E-state index contributed by atoms with van der Waals surface area (Å²) < 4.78 is 0. The molecule has 0 aromatic carbocycles. The van der Waals surface area contributed by atoms with E-state index in [1.807, 2.05) is 12.1 Å². The molecule has 0 spiro atoms. The summed E-state index contributed by atoms with van der Waals surface area (Å²) in [5.41, 5.74) is 1.60. The highest BCUT2D eigenvalue weighted by molar-refractivity contribution is 7.19. The van der Waals surface area contributed by atoms with E-state index >= 15 is 0 Å². The first-order valence-electron chi connectivity index (χ1n) is 6.99. The molecular weight excluding hydrogens is 344 g/mol. The van der Waals surface area contributed by atoms with Crippen LogP contribution in [0.1, 0.15) is 0 Å². The second kappa shape index (κ2) is 6.38. The van der Waals surface area contributed by atoms with Crippen molar-refractivity contribution in [2.45, 2.75) is 0 Å². The van der Waals surface area contributed by atoms with Gasteiger partial charge in [0.05, 0.1) is 10.6 Å². The minimum Gasteiger partial charge on any atom is -0.264 e. The number of nitrogens with zero attached hydrogens (tertiary/aromatic N) is 6. The highest BCUT2D eigenvalue weighted by Gasteiger charge is 2.15. The largest absolute Gasteiger partial charge is 0.264 e. The van der Waals surface area contributed by atoms with Gasteiger partial charge < -0.3 is 0 Å². The van der Waals surface area contributed by atoms with Crippen LogP contribution < -0.4 is 0 Å². The van der Waals surface area contributed by atoms with Crippen molar-refractivity contribution in [1.29, 1.82) is 0 Å². The van der Waals surface area contributed by atoms with Crippen LogP contribution in [0.15, 0.2) is 55.2 Å². The topological polar surface area (TPSA) is 77.3 Å². The second-order valence-corrected chi connectivity index (χ2v) is 6.08. The molecular formula is C16H9ClN6S. The third kappa shape index (κ3) is 2.86. The van der Waals surface area contributed by atoms with E-state index in [0.717, 1.165) is 15.4 Å². The Bertz CT molecular complexity index is 974. The van der Waals surface area contributed by atoms with Crippen molar-refractivity contribution < 1.29 is 0 Å². The lowest BCUT2D eigenvalue weighted by molar-refractivity contribution is 1.08. The van der Waals surface area contributed by atoms with Gasteiger partial charge in [0.15, 0.2) is 11.6 Å². The molecule has 0 radical (unpaired) electrons. The molecule has 0 atom stereocenters. The van der Waals surface area contributed by atoms with Crippen LogP contribution in [0.5, 0.6) is 0 Å². The molecule has 116 valence electrons. The zero-order valence-corrected chi connectivity index (χ0v) is 13.7. The van der Waals surface area contributed by atoms with Gasteiger partial charge in [-0.05, 0) is 24.3 Å². The van der Waals surface area contributed by atoms with E-state index in [1.54, 1.807) is 43.1 Å². The Balaban J connectivity index is 1.76. The van der Waals surface area contributed by atoms with E-state index < -0.39 is 0 Å². The van der Waals surface area contributed by atoms with Crippen LogP contribution in [0.2, 0.25) is 5.15 Å². The molecule has 0 N–H and O–H groups in total. The number of halogens is 1. The van der Waals surface area contributed by atoms with Crippen LogP contribution in [0.4, 0.5) is 0 Å². The van der Waals surface area contributed by atoms with Crippen LogP contribution in [0, 0.1) is 0 Å². The maximum atomic E-state index is 6.31. The first-order chi connectivity index (χ1) is 11.8. The summed E-state index contributed by atoms with van der Waals surface area (Å²) >= 11 is 7.77. The van der Waals surface area contributed by atoms with E-state index in [9.17, 15) is 0 Å². The Hall–Kier alpha value is -2.77. The van der Waals surface area contributed by atoms with E-state index in [-0.39, 0.29) is 0 Å². The molecule has 0 fully saturated rings. The Labute approximate surface area is 146 Å². The SMILES string of the molecule is Clc1nc(-c2cccnc2)sc1-c1ccnc(-c2ncccn2)n1. The van der Waals surface area contributed by atoms with E-state index in [1.165, 1.54) is 11.3 Å². The molecule has 0 aliphatic rings. The predicted molar refractivity (Wildman–Crippen MR) is 92.4 cm³/mol. The second-order valence-electron chi connectivity index (χ2n) is 4.72. The predicted octanol–water partition coefficient (Wildman–Crippen LogP) is 3.77. The first kappa shape index (κ1) is 14.8. The third-order valence-electron chi connectivity index (χ3n) is 3.15. The number of pyridine rings is 1. The number of aromatic nitrogens is 6. The van der Waals surface area contributed by atoms with Gasteiger partial charge in [0.25, 0.3) is 0 Å². The van der Waals surface area contributed by atoms with Crippen molar-refractivity contribution in [3.8, 4) is 32.8 Å². The van der Waals surface area contributed by atoms with Gasteiger partial charge in [-0.3, -0.25) is 4.98 Å². The third-order valence-corrected chi connectivity index (χ3v) is 4.66. The zero-order chi connectivity index (χ0) is 16.4. The van der Waals surface area contributed by atoms with E-state index in [2.05, 4.69) is 29.9 Å². The van der Waals surface area contributed by atoms with Gasteiger partial charge in [-0.1, -0.05) is 11.6 Å². The van der Waals surface area contributed by atoms with Gasteiger partial charge >= 0.3 is 0 Å². The smallest absolute Gasteiger partial charge is 0.198 e. The van der Waals surface area contributed by atoms with Crippen molar-refractivity contribution in [3.63, 3.8) is 0 Å². The van der Waals surface area contributed by atoms with Crippen LogP contribution in [0.25, 0.3) is 32.8 Å². The average molecular weight is 353 g/mol. The molecule has 0 unspecified atom stereocenters. The van der Waals surface area contributed by atoms with Crippen molar-refractivity contribution in [2.24, 2.45) is 0 Å². The molecule has 6 nitrogen and oxygen atoms in total. The van der Waals surface area contributed by atoms with Gasteiger partial charge in [-0.2, -0.15) is 0 Å². The molecule has 0 bridgehead atoms. The normalized spacial score (nSPS) is 10.7. The summed E-state index contributed by atoms with van der Waals surface area (Å²) in [6, 6.07) is 7.33. The average Bonchev–Trinajstić information content (AvgIpc) is 3.05. The van der Waals surface area contributed by atoms with E-state index in [4.69, 9.17) is 11.6 Å². The van der Waals surface area contributed by atoms with E-state index in [0.29, 0.717) is 22.5 Å². The number of thiazole rings is 1. The minimum absolute atomic E-state index is 0.400. The van der Waals surface area contributed by atoms with Crippen molar-refractivity contribution in [1.82, 2.24) is 29.9 Å². The minimum atomic E-state index is 0.400. The van der Waals surface area contributed by atoms with Gasteiger partial charge in [0.1, 0.15) is 10.2 Å². The number of rotatable bonds is 3. The lowest BCUT2D eigenvalue weighted by atomic mass is 10.3. The molecule has 0 amide bonds. The van der Waals surface area contributed by atoms with Crippen molar-refractivity contribution in [3.05, 3.63) is 60.4 Å². The quantitative estimate of drug-likeness (QED) is 0.558. The summed E-state index contributed by atoms with van der Waals surface area (Å²) in [4.78, 5) is 26.4. The fourth-order valence-electron chi connectivity index (χ4n) is 2.08. The summed E-state index contributed by atoms with van der Waals surface area (Å²) in [6.07, 6.45) is 8.43. The zero-order valence-electron chi connectivity index (χ0n) is 12.2. The monoisotopic (exact) mass is 352 g/mol. The molecule has 0 aliphatic carbocycles. The van der Waals surface area contributed by atoms with Crippen LogP contribution in [-0.4, -0.2) is 29.9 Å². The summed E-state index contributed by atoms with van der Waals surface area (Å²) in [5, 5.41) is 1.19. The molecule has 4 aromatic rings. The molecule has 0 saturated heterocycles. The first-order valence-corrected chi connectivity index (χ1v) is 8.18. The fraction of sp³-hybridized carbons (Fsp3) is 0. The van der Waals surface area contributed by atoms with Crippen molar-refractivity contribution >= 4 is 22.9 Å². The molecule has 0 saturated carbocycles. The molecule has 4 aromatic heterocycles. The summed E-state index contributed by atoms with van der Waals surface area (Å²) in [7, 11) is 0. The molecule has 4 rings (SSSR count). The van der Waals surface area contributed by atoms with Gasteiger partial charge in [0, 0.05) is 36.5 Å². The summed E-state index contributed by atoms with van der Waals surface area (Å²) in [6.45, 7) is 0. The highest BCUT2D eigenvalue weighted by atomic mass is 35.5. The Morgan fingerprint density at radius 1 is 0.833 bits per heavy atom. The lowest BCUT2D eigenvalue weighted by Crippen LogP contribution is -1.94. The van der Waals surface area contributed by atoms with Crippen LogP contribution in [-0.2, 0) is 0 Å².